The molecule has 1 unspecified atom stereocenters. The van der Waals surface area contributed by atoms with Crippen LogP contribution in [0.5, 0.6) is 0 Å². The van der Waals surface area contributed by atoms with Crippen molar-refractivity contribution in [2.24, 2.45) is 5.92 Å². The summed E-state index contributed by atoms with van der Waals surface area (Å²) in [6.45, 7) is 0. The van der Waals surface area contributed by atoms with Crippen LogP contribution in [0.15, 0.2) is 103 Å². The largest absolute Gasteiger partial charge is 0.418 e. The summed E-state index contributed by atoms with van der Waals surface area (Å²) in [4.78, 5) is 16.9. The second-order valence-electron chi connectivity index (χ2n) is 13.2. The normalized spacial score (nSPS) is 15.2. The van der Waals surface area contributed by atoms with E-state index in [9.17, 15) is 44.3 Å². The zero-order valence-electron chi connectivity index (χ0n) is 28.0. The molecule has 1 aliphatic rings. The quantitative estimate of drug-likeness (QED) is 0.132. The Morgan fingerprint density at radius 2 is 1.12 bits per heavy atom. The Hall–Kier alpha value is -6.06. The summed E-state index contributed by atoms with van der Waals surface area (Å²) < 4.78 is 174. The van der Waals surface area contributed by atoms with E-state index in [1.54, 1.807) is 0 Å². The van der Waals surface area contributed by atoms with E-state index < -0.39 is 76.2 Å². The van der Waals surface area contributed by atoms with Crippen molar-refractivity contribution in [2.45, 2.75) is 31.1 Å². The molecule has 0 N–H and O–H groups in total. The molecule has 0 fully saturated rings. The van der Waals surface area contributed by atoms with Crippen LogP contribution in [0.1, 0.15) is 43.9 Å². The van der Waals surface area contributed by atoms with Crippen LogP contribution in [-0.2, 0) is 24.9 Å². The van der Waals surface area contributed by atoms with Crippen LogP contribution < -0.4 is 0 Å². The number of fused-ring (bicyclic) bond motifs is 6. The van der Waals surface area contributed by atoms with Crippen LogP contribution in [0.4, 0.5) is 52.7 Å². The van der Waals surface area contributed by atoms with Crippen molar-refractivity contribution < 1.29 is 57.5 Å². The van der Waals surface area contributed by atoms with Gasteiger partial charge in [0.25, 0.3) is 0 Å². The van der Waals surface area contributed by atoms with Crippen LogP contribution in [0.3, 0.4) is 0 Å². The van der Waals surface area contributed by atoms with Gasteiger partial charge in [0.1, 0.15) is 0 Å². The van der Waals surface area contributed by atoms with E-state index in [0.717, 1.165) is 30.4 Å². The standard InChI is InChI=1S/C40H21F12N3O/c41-37(42,43)22-5-10-28-29-18-35(55-32-16-23(38(44,45)46)3-8-26(32)27-9-4-24(17-33(27)55)39(47,48)49)30(40(50,51)52)19-34(29)54(31(28)15-22)25-6-1-20(2-7-25)36(56)21-11-13-53-14-12-21/h1-14,16-19,22H,15H2. The molecule has 4 aromatic carbocycles. The van der Waals surface area contributed by atoms with Gasteiger partial charge in [0, 0.05) is 63.0 Å². The predicted molar refractivity (Wildman–Crippen MR) is 183 cm³/mol. The van der Waals surface area contributed by atoms with Gasteiger partial charge >= 0.3 is 24.7 Å². The SMILES string of the molecule is O=C(c1ccncc1)c1ccc(-n2c3c(c4cc(-n5c6cc(C(F)(F)F)ccc6c6ccc(C(F)(F)F)cc65)c(C(F)(F)F)cc42)C=CC(C(F)(F)F)C3)cc1. The average molecular weight is 788 g/mol. The topological polar surface area (TPSA) is 39.8 Å². The molecule has 8 rings (SSSR count). The van der Waals surface area contributed by atoms with E-state index in [1.165, 1.54) is 53.4 Å². The third-order valence-electron chi connectivity index (χ3n) is 9.85. The Morgan fingerprint density at radius 3 is 1.64 bits per heavy atom. The van der Waals surface area contributed by atoms with Crippen LogP contribution in [0.2, 0.25) is 0 Å². The van der Waals surface area contributed by atoms with Crippen LogP contribution >= 0.6 is 0 Å². The highest BCUT2D eigenvalue weighted by molar-refractivity contribution is 6.11. The predicted octanol–water partition coefficient (Wildman–Crippen LogP) is 12.2. The molecular weight excluding hydrogens is 766 g/mol. The van der Waals surface area contributed by atoms with E-state index in [2.05, 4.69) is 4.98 Å². The number of alkyl halides is 12. The Labute approximate surface area is 306 Å². The lowest BCUT2D eigenvalue weighted by Gasteiger charge is -2.22. The molecule has 0 saturated carbocycles. The first-order valence-electron chi connectivity index (χ1n) is 16.5. The van der Waals surface area contributed by atoms with Gasteiger partial charge in [-0.15, -0.1) is 0 Å². The summed E-state index contributed by atoms with van der Waals surface area (Å²) in [5, 5.41) is -0.224. The highest BCUT2D eigenvalue weighted by Gasteiger charge is 2.42. The molecule has 1 aliphatic carbocycles. The van der Waals surface area contributed by atoms with Gasteiger partial charge in [-0.2, -0.15) is 52.7 Å². The molecule has 56 heavy (non-hydrogen) atoms. The fourth-order valence-corrected chi connectivity index (χ4v) is 7.27. The van der Waals surface area contributed by atoms with Crippen molar-refractivity contribution in [3.8, 4) is 11.4 Å². The summed E-state index contributed by atoms with van der Waals surface area (Å²) in [7, 11) is 0. The Balaban J connectivity index is 1.44. The molecule has 3 heterocycles. The molecule has 0 amide bonds. The molecule has 0 radical (unpaired) electrons. The van der Waals surface area contributed by atoms with Crippen LogP contribution in [0.25, 0.3) is 50.2 Å². The van der Waals surface area contributed by atoms with Crippen molar-refractivity contribution >= 4 is 44.6 Å². The Morgan fingerprint density at radius 1 is 0.589 bits per heavy atom. The number of benzene rings is 4. The van der Waals surface area contributed by atoms with Gasteiger partial charge in [-0.05, 0) is 72.8 Å². The molecule has 4 nitrogen and oxygen atoms in total. The number of halogens is 12. The van der Waals surface area contributed by atoms with Crippen molar-refractivity contribution in [2.75, 3.05) is 0 Å². The number of carbonyl (C=O) groups is 1. The molecular formula is C40H21F12N3O. The third-order valence-corrected chi connectivity index (χ3v) is 9.85. The minimum absolute atomic E-state index is 0.0557. The zero-order chi connectivity index (χ0) is 40.1. The summed E-state index contributed by atoms with van der Waals surface area (Å²) in [5.74, 6) is -2.48. The first-order valence-corrected chi connectivity index (χ1v) is 16.5. The first kappa shape index (κ1) is 36.9. The molecule has 7 aromatic rings. The van der Waals surface area contributed by atoms with Gasteiger partial charge in [-0.3, -0.25) is 9.78 Å². The third kappa shape index (κ3) is 6.16. The summed E-state index contributed by atoms with van der Waals surface area (Å²) >= 11 is 0. The molecule has 0 bridgehead atoms. The van der Waals surface area contributed by atoms with Gasteiger partial charge < -0.3 is 9.13 Å². The summed E-state index contributed by atoms with van der Waals surface area (Å²) in [5.41, 5.74) is -5.64. The van der Waals surface area contributed by atoms with E-state index in [0.29, 0.717) is 34.9 Å². The Bertz CT molecular complexity index is 2660. The number of hydrogen-bond acceptors (Lipinski definition) is 2. The van der Waals surface area contributed by atoms with Crippen molar-refractivity contribution in [3.05, 3.63) is 142 Å². The van der Waals surface area contributed by atoms with E-state index in [-0.39, 0.29) is 49.7 Å². The molecule has 1 atom stereocenters. The average Bonchev–Trinajstić information content (AvgIpc) is 3.64. The van der Waals surface area contributed by atoms with Crippen molar-refractivity contribution in [1.29, 1.82) is 0 Å². The molecule has 3 aromatic heterocycles. The minimum Gasteiger partial charge on any atom is -0.313 e. The lowest BCUT2D eigenvalue weighted by molar-refractivity contribution is -0.161. The van der Waals surface area contributed by atoms with E-state index >= 15 is 13.2 Å². The van der Waals surface area contributed by atoms with Gasteiger partial charge in [-0.25, -0.2) is 0 Å². The maximum absolute atomic E-state index is 15.3. The zero-order valence-corrected chi connectivity index (χ0v) is 28.0. The number of ketones is 1. The molecule has 286 valence electrons. The maximum Gasteiger partial charge on any atom is 0.418 e. The fourth-order valence-electron chi connectivity index (χ4n) is 7.27. The van der Waals surface area contributed by atoms with Gasteiger partial charge in [-0.1, -0.05) is 24.3 Å². The second-order valence-corrected chi connectivity index (χ2v) is 13.2. The van der Waals surface area contributed by atoms with E-state index in [4.69, 9.17) is 0 Å². The molecule has 0 spiro atoms. The van der Waals surface area contributed by atoms with Gasteiger partial charge in [0.15, 0.2) is 5.78 Å². The fraction of sp³-hybridized carbons (Fsp3) is 0.150. The summed E-state index contributed by atoms with van der Waals surface area (Å²) in [6, 6.07) is 14.2. The molecule has 0 saturated heterocycles. The number of hydrogen-bond donors (Lipinski definition) is 0. The van der Waals surface area contributed by atoms with Gasteiger partial charge in [0.05, 0.1) is 44.8 Å². The number of carbonyl (C=O) groups excluding carboxylic acids is 1. The number of nitrogens with zero attached hydrogens (tertiary/aromatic N) is 3. The van der Waals surface area contributed by atoms with Crippen LogP contribution in [0, 0.1) is 5.92 Å². The minimum atomic E-state index is -5.30. The van der Waals surface area contributed by atoms with Crippen molar-refractivity contribution in [3.63, 3.8) is 0 Å². The number of allylic oxidation sites excluding steroid dienone is 1. The lowest BCUT2D eigenvalue weighted by atomic mass is 9.92. The smallest absolute Gasteiger partial charge is 0.313 e. The van der Waals surface area contributed by atoms with Crippen molar-refractivity contribution in [1.82, 2.24) is 14.1 Å². The number of aromatic nitrogens is 3. The number of rotatable bonds is 4. The summed E-state index contributed by atoms with van der Waals surface area (Å²) in [6.07, 6.45) is -16.0. The monoisotopic (exact) mass is 787 g/mol. The Kier molecular flexibility index (Phi) is 8.22. The van der Waals surface area contributed by atoms with E-state index in [1.807, 2.05) is 0 Å². The second kappa shape index (κ2) is 12.5. The molecule has 16 heteroatoms. The molecule has 0 aliphatic heterocycles. The first-order chi connectivity index (χ1) is 26.2. The maximum atomic E-state index is 15.3. The number of pyridine rings is 1. The highest BCUT2D eigenvalue weighted by atomic mass is 19.4. The van der Waals surface area contributed by atoms with Gasteiger partial charge in [0.2, 0.25) is 0 Å². The highest BCUT2D eigenvalue weighted by Crippen LogP contribution is 2.47. The van der Waals surface area contributed by atoms with Crippen LogP contribution in [-0.4, -0.2) is 26.1 Å². The lowest BCUT2D eigenvalue weighted by Crippen LogP contribution is -2.25.